The molecule has 6 nitrogen and oxygen atoms in total. The van der Waals surface area contributed by atoms with Crippen molar-refractivity contribution in [1.82, 2.24) is 0 Å². The lowest BCUT2D eigenvalue weighted by atomic mass is 9.96. The Labute approximate surface area is 152 Å². The Morgan fingerprint density at radius 1 is 0.808 bits per heavy atom. The molecule has 0 bridgehead atoms. The number of para-hydroxylation sites is 2. The summed E-state index contributed by atoms with van der Waals surface area (Å²) >= 11 is 0. The summed E-state index contributed by atoms with van der Waals surface area (Å²) in [7, 11) is 4.42. The largest absolute Gasteiger partial charge is 0.467 e. The van der Waals surface area contributed by atoms with E-state index < -0.39 is 5.97 Å². The van der Waals surface area contributed by atoms with Crippen molar-refractivity contribution in [2.45, 2.75) is 0 Å². The third-order valence-electron chi connectivity index (χ3n) is 3.48. The van der Waals surface area contributed by atoms with Crippen LogP contribution in [0, 0.1) is 0 Å². The van der Waals surface area contributed by atoms with Gasteiger partial charge in [-0.1, -0.05) is 36.4 Å². The van der Waals surface area contributed by atoms with E-state index in [0.717, 1.165) is 0 Å². The van der Waals surface area contributed by atoms with E-state index in [1.165, 1.54) is 13.2 Å². The van der Waals surface area contributed by atoms with Crippen molar-refractivity contribution < 1.29 is 28.5 Å². The normalized spacial score (nSPS) is 10.1. The van der Waals surface area contributed by atoms with Crippen molar-refractivity contribution in [3.63, 3.8) is 0 Å². The quantitative estimate of drug-likeness (QED) is 0.389. The fraction of sp³-hybridized carbons (Fsp3) is 0.250. The predicted octanol–water partition coefficient (Wildman–Crippen LogP) is 3.26. The average Bonchev–Trinajstić information content (AvgIpc) is 2.69. The van der Waals surface area contributed by atoms with E-state index in [2.05, 4.69) is 0 Å². The van der Waals surface area contributed by atoms with Crippen LogP contribution in [0.2, 0.25) is 0 Å². The van der Waals surface area contributed by atoms with Crippen molar-refractivity contribution >= 4 is 11.5 Å². The molecule has 0 unspecified atom stereocenters. The van der Waals surface area contributed by atoms with E-state index in [1.54, 1.807) is 26.4 Å². The van der Waals surface area contributed by atoms with Gasteiger partial charge in [-0.15, -0.1) is 0 Å². The predicted molar refractivity (Wildman–Crippen MR) is 97.0 cm³/mol. The summed E-state index contributed by atoms with van der Waals surface area (Å²) in [4.78, 5) is 12.0. The van der Waals surface area contributed by atoms with E-state index in [4.69, 9.17) is 23.7 Å². The smallest absolute Gasteiger partial charge is 0.331 e. The lowest BCUT2D eigenvalue weighted by Crippen LogP contribution is -2.06. The molecule has 0 aliphatic rings. The van der Waals surface area contributed by atoms with Gasteiger partial charge in [-0.05, 0) is 12.1 Å². The summed E-state index contributed by atoms with van der Waals surface area (Å²) in [5.74, 6) is 0.667. The van der Waals surface area contributed by atoms with Crippen LogP contribution in [0.15, 0.2) is 54.6 Å². The molecule has 0 saturated heterocycles. The minimum absolute atomic E-state index is 0.0876. The molecule has 0 atom stereocenters. The summed E-state index contributed by atoms with van der Waals surface area (Å²) in [5.41, 5.74) is 2.03. The summed E-state index contributed by atoms with van der Waals surface area (Å²) in [6.45, 7) is 0.175. The second-order valence-electron chi connectivity index (χ2n) is 5.18. The van der Waals surface area contributed by atoms with Crippen molar-refractivity contribution in [2.24, 2.45) is 0 Å². The number of methoxy groups -OCH3 is 3. The second kappa shape index (κ2) is 10.2. The van der Waals surface area contributed by atoms with Gasteiger partial charge in [-0.3, -0.25) is 0 Å². The third-order valence-corrected chi connectivity index (χ3v) is 3.48. The van der Waals surface area contributed by atoms with Gasteiger partial charge in [0, 0.05) is 37.0 Å². The fourth-order valence-corrected chi connectivity index (χ4v) is 2.35. The van der Waals surface area contributed by atoms with E-state index in [9.17, 15) is 4.79 Å². The minimum atomic E-state index is -0.483. The van der Waals surface area contributed by atoms with E-state index in [-0.39, 0.29) is 13.6 Å². The molecular formula is C20H22O6. The molecular weight excluding hydrogens is 336 g/mol. The number of hydrogen-bond acceptors (Lipinski definition) is 6. The molecule has 6 heteroatoms. The van der Waals surface area contributed by atoms with Gasteiger partial charge < -0.3 is 23.7 Å². The number of rotatable bonds is 9. The minimum Gasteiger partial charge on any atom is -0.467 e. The molecule has 138 valence electrons. The monoisotopic (exact) mass is 358 g/mol. The molecule has 0 aromatic heterocycles. The van der Waals surface area contributed by atoms with Crippen LogP contribution in [-0.2, 0) is 19.0 Å². The standard InChI is InChI=1S/C20H22O6/c1-22-13-25-18-10-6-4-8-15(18)17(12-20(21)24-3)16-9-5-7-11-19(16)26-14-23-2/h4-12H,13-14H2,1-3H3. The Morgan fingerprint density at radius 3 is 1.69 bits per heavy atom. The first kappa shape index (κ1) is 19.5. The van der Waals surface area contributed by atoms with Crippen LogP contribution in [0.25, 0.3) is 5.57 Å². The molecule has 0 heterocycles. The number of carbonyl (C=O) groups is 1. The van der Waals surface area contributed by atoms with Crippen LogP contribution in [0.4, 0.5) is 0 Å². The number of carbonyl (C=O) groups excluding carboxylic acids is 1. The van der Waals surface area contributed by atoms with Gasteiger partial charge in [0.2, 0.25) is 0 Å². The highest BCUT2D eigenvalue weighted by molar-refractivity contribution is 5.98. The first-order valence-electron chi connectivity index (χ1n) is 7.93. The first-order chi connectivity index (χ1) is 12.7. The SMILES string of the molecule is COCOc1ccccc1C(=CC(=O)OC)c1ccccc1OCOC. The maximum Gasteiger partial charge on any atom is 0.331 e. The highest BCUT2D eigenvalue weighted by Crippen LogP contribution is 2.35. The maximum atomic E-state index is 12.0. The maximum absolute atomic E-state index is 12.0. The van der Waals surface area contributed by atoms with Crippen LogP contribution in [0.3, 0.4) is 0 Å². The zero-order chi connectivity index (χ0) is 18.8. The van der Waals surface area contributed by atoms with Gasteiger partial charge in [0.1, 0.15) is 11.5 Å². The molecule has 2 rings (SSSR count). The Morgan fingerprint density at radius 2 is 1.27 bits per heavy atom. The topological polar surface area (TPSA) is 63.2 Å². The molecule has 0 N–H and O–H groups in total. The third kappa shape index (κ3) is 5.08. The molecule has 0 saturated carbocycles. The Balaban J connectivity index is 2.57. The summed E-state index contributed by atoms with van der Waals surface area (Å²) < 4.78 is 26.1. The molecule has 2 aromatic carbocycles. The van der Waals surface area contributed by atoms with Crippen LogP contribution < -0.4 is 9.47 Å². The van der Waals surface area contributed by atoms with E-state index >= 15 is 0 Å². The molecule has 0 amide bonds. The summed E-state index contributed by atoms with van der Waals surface area (Å²) in [5, 5.41) is 0. The number of ether oxygens (including phenoxy) is 5. The van der Waals surface area contributed by atoms with Crippen molar-refractivity contribution in [3.8, 4) is 11.5 Å². The summed E-state index contributed by atoms with van der Waals surface area (Å²) in [6, 6.07) is 14.7. The van der Waals surface area contributed by atoms with Crippen LogP contribution in [-0.4, -0.2) is 40.9 Å². The van der Waals surface area contributed by atoms with Gasteiger partial charge in [-0.2, -0.15) is 0 Å². The van der Waals surface area contributed by atoms with Crippen LogP contribution >= 0.6 is 0 Å². The molecule has 0 spiro atoms. The van der Waals surface area contributed by atoms with Gasteiger partial charge in [0.15, 0.2) is 13.6 Å². The molecule has 2 aromatic rings. The number of benzene rings is 2. The zero-order valence-corrected chi connectivity index (χ0v) is 15.1. The first-order valence-corrected chi connectivity index (χ1v) is 7.93. The van der Waals surface area contributed by atoms with E-state index in [1.807, 2.05) is 36.4 Å². The average molecular weight is 358 g/mol. The van der Waals surface area contributed by atoms with Crippen molar-refractivity contribution in [1.29, 1.82) is 0 Å². The van der Waals surface area contributed by atoms with Crippen LogP contribution in [0.1, 0.15) is 11.1 Å². The summed E-state index contributed by atoms with van der Waals surface area (Å²) in [6.07, 6.45) is 1.41. The van der Waals surface area contributed by atoms with Gasteiger partial charge in [-0.25, -0.2) is 4.79 Å². The highest BCUT2D eigenvalue weighted by Gasteiger charge is 2.17. The second-order valence-corrected chi connectivity index (χ2v) is 5.18. The molecule has 0 aliphatic heterocycles. The molecule has 26 heavy (non-hydrogen) atoms. The fourth-order valence-electron chi connectivity index (χ4n) is 2.35. The Kier molecular flexibility index (Phi) is 7.67. The lowest BCUT2D eigenvalue weighted by Gasteiger charge is -2.17. The molecule has 0 radical (unpaired) electrons. The lowest BCUT2D eigenvalue weighted by molar-refractivity contribution is -0.134. The number of hydrogen-bond donors (Lipinski definition) is 0. The molecule has 0 fully saturated rings. The van der Waals surface area contributed by atoms with Crippen LogP contribution in [0.5, 0.6) is 11.5 Å². The highest BCUT2D eigenvalue weighted by atomic mass is 16.7. The number of esters is 1. The van der Waals surface area contributed by atoms with Gasteiger partial charge in [0.05, 0.1) is 7.11 Å². The Hall–Kier alpha value is -2.83. The van der Waals surface area contributed by atoms with Crippen molar-refractivity contribution in [2.75, 3.05) is 34.9 Å². The van der Waals surface area contributed by atoms with Gasteiger partial charge >= 0.3 is 5.97 Å². The van der Waals surface area contributed by atoms with Gasteiger partial charge in [0.25, 0.3) is 0 Å². The van der Waals surface area contributed by atoms with E-state index in [0.29, 0.717) is 28.2 Å². The molecule has 0 aliphatic carbocycles. The Bertz CT molecular complexity index is 700. The zero-order valence-electron chi connectivity index (χ0n) is 15.1. The van der Waals surface area contributed by atoms with Crippen molar-refractivity contribution in [3.05, 3.63) is 65.7 Å².